The molecule has 1 amide bonds. The molecule has 1 aromatic heterocycles. The lowest BCUT2D eigenvalue weighted by Crippen LogP contribution is -2.38. The van der Waals surface area contributed by atoms with Crippen molar-refractivity contribution in [2.45, 2.75) is 26.4 Å². The zero-order chi connectivity index (χ0) is 17.1. The predicted molar refractivity (Wildman–Crippen MR) is 88.5 cm³/mol. The Morgan fingerprint density at radius 1 is 1.38 bits per heavy atom. The highest BCUT2D eigenvalue weighted by Gasteiger charge is 2.25. The standard InChI is InChI=1S/C18H19FN2O3/c1-12-15(19)5-4-14-3-2-8-21(18(12)14)17(23)11-24-10-13-6-7-20-16(22)9-13/h4-7,9H,2-3,8,10-11H2,1H3,(H,20,22). The number of nitrogens with one attached hydrogen (secondary N) is 1. The maximum Gasteiger partial charge on any atom is 0.253 e. The summed E-state index contributed by atoms with van der Waals surface area (Å²) in [5.41, 5.74) is 2.65. The number of aromatic amines is 1. The van der Waals surface area contributed by atoms with Crippen molar-refractivity contribution in [1.29, 1.82) is 0 Å². The van der Waals surface area contributed by atoms with Gasteiger partial charge in [0.25, 0.3) is 5.91 Å². The molecule has 24 heavy (non-hydrogen) atoms. The van der Waals surface area contributed by atoms with Gasteiger partial charge in [-0.1, -0.05) is 6.07 Å². The number of benzene rings is 1. The van der Waals surface area contributed by atoms with Crippen LogP contribution in [0, 0.1) is 12.7 Å². The molecule has 0 unspecified atom stereocenters. The first-order valence-corrected chi connectivity index (χ1v) is 7.90. The minimum Gasteiger partial charge on any atom is -0.367 e. The average molecular weight is 330 g/mol. The number of nitrogens with zero attached hydrogens (tertiary/aromatic N) is 1. The van der Waals surface area contributed by atoms with Crippen LogP contribution in [0.2, 0.25) is 0 Å². The van der Waals surface area contributed by atoms with Crippen molar-refractivity contribution in [1.82, 2.24) is 4.98 Å². The van der Waals surface area contributed by atoms with Gasteiger partial charge in [-0.15, -0.1) is 0 Å². The number of hydrogen-bond acceptors (Lipinski definition) is 3. The van der Waals surface area contributed by atoms with E-state index in [2.05, 4.69) is 4.98 Å². The Morgan fingerprint density at radius 3 is 3.00 bits per heavy atom. The van der Waals surface area contributed by atoms with Crippen molar-refractivity contribution >= 4 is 11.6 Å². The van der Waals surface area contributed by atoms with Crippen LogP contribution >= 0.6 is 0 Å². The van der Waals surface area contributed by atoms with E-state index in [9.17, 15) is 14.0 Å². The number of carbonyl (C=O) groups excluding carboxylic acids is 1. The number of aryl methyl sites for hydroxylation is 1. The van der Waals surface area contributed by atoms with Crippen molar-refractivity contribution in [2.24, 2.45) is 0 Å². The normalized spacial score (nSPS) is 13.7. The van der Waals surface area contributed by atoms with Crippen molar-refractivity contribution in [3.8, 4) is 0 Å². The molecule has 0 spiro atoms. The van der Waals surface area contributed by atoms with Crippen LogP contribution in [-0.2, 0) is 22.6 Å². The van der Waals surface area contributed by atoms with Gasteiger partial charge in [-0.2, -0.15) is 0 Å². The molecule has 2 heterocycles. The topological polar surface area (TPSA) is 62.4 Å². The molecule has 5 nitrogen and oxygen atoms in total. The lowest BCUT2D eigenvalue weighted by molar-refractivity contribution is -0.123. The summed E-state index contributed by atoms with van der Waals surface area (Å²) in [5.74, 6) is -0.507. The Labute approximate surface area is 139 Å². The number of hydrogen-bond donors (Lipinski definition) is 1. The number of ether oxygens (including phenoxy) is 1. The summed E-state index contributed by atoms with van der Waals surface area (Å²) < 4.78 is 19.3. The highest BCUT2D eigenvalue weighted by molar-refractivity contribution is 5.96. The number of carbonyl (C=O) groups is 1. The molecular weight excluding hydrogens is 311 g/mol. The number of halogens is 1. The molecule has 6 heteroatoms. The largest absolute Gasteiger partial charge is 0.367 e. The average Bonchev–Trinajstić information content (AvgIpc) is 2.58. The van der Waals surface area contributed by atoms with Gasteiger partial charge in [0, 0.05) is 24.4 Å². The van der Waals surface area contributed by atoms with E-state index in [1.54, 1.807) is 24.0 Å². The first-order valence-electron chi connectivity index (χ1n) is 7.90. The van der Waals surface area contributed by atoms with Crippen LogP contribution < -0.4 is 10.5 Å². The summed E-state index contributed by atoms with van der Waals surface area (Å²) in [6.45, 7) is 2.32. The summed E-state index contributed by atoms with van der Waals surface area (Å²) in [6.07, 6.45) is 3.22. The first kappa shape index (κ1) is 16.4. The summed E-state index contributed by atoms with van der Waals surface area (Å²) in [4.78, 5) is 27.8. The Bertz CT molecular complexity index is 816. The molecule has 0 atom stereocenters. The Balaban J connectivity index is 1.68. The van der Waals surface area contributed by atoms with Gasteiger partial charge in [-0.25, -0.2) is 4.39 Å². The summed E-state index contributed by atoms with van der Waals surface area (Å²) in [7, 11) is 0. The van der Waals surface area contributed by atoms with E-state index in [1.807, 2.05) is 0 Å². The van der Waals surface area contributed by atoms with Gasteiger partial charge < -0.3 is 14.6 Å². The molecule has 1 N–H and O–H groups in total. The lowest BCUT2D eigenvalue weighted by atomic mass is 9.98. The molecule has 0 bridgehead atoms. The number of rotatable bonds is 4. The van der Waals surface area contributed by atoms with Crippen LogP contribution in [0.25, 0.3) is 0 Å². The SMILES string of the molecule is Cc1c(F)ccc2c1N(C(=O)COCc1cc[nH]c(=O)c1)CCC2. The molecule has 1 aromatic carbocycles. The highest BCUT2D eigenvalue weighted by Crippen LogP contribution is 2.32. The molecule has 126 valence electrons. The third-order valence-corrected chi connectivity index (χ3v) is 4.18. The summed E-state index contributed by atoms with van der Waals surface area (Å²) in [6, 6.07) is 6.35. The van der Waals surface area contributed by atoms with E-state index in [0.717, 1.165) is 18.4 Å². The highest BCUT2D eigenvalue weighted by atomic mass is 19.1. The molecule has 0 saturated carbocycles. The number of aromatic nitrogens is 1. The Morgan fingerprint density at radius 2 is 2.21 bits per heavy atom. The fraction of sp³-hybridized carbons (Fsp3) is 0.333. The Hall–Kier alpha value is -2.47. The summed E-state index contributed by atoms with van der Waals surface area (Å²) in [5, 5.41) is 0. The third-order valence-electron chi connectivity index (χ3n) is 4.18. The van der Waals surface area contributed by atoms with Crippen molar-refractivity contribution in [3.63, 3.8) is 0 Å². The third kappa shape index (κ3) is 3.38. The fourth-order valence-corrected chi connectivity index (χ4v) is 3.01. The number of anilines is 1. The van der Waals surface area contributed by atoms with E-state index in [4.69, 9.17) is 4.74 Å². The van der Waals surface area contributed by atoms with E-state index in [-0.39, 0.29) is 30.5 Å². The predicted octanol–water partition coefficient (Wildman–Crippen LogP) is 2.32. The van der Waals surface area contributed by atoms with Crippen LogP contribution in [0.5, 0.6) is 0 Å². The second-order valence-electron chi connectivity index (χ2n) is 5.88. The molecule has 1 aliphatic rings. The van der Waals surface area contributed by atoms with E-state index < -0.39 is 0 Å². The summed E-state index contributed by atoms with van der Waals surface area (Å²) >= 11 is 0. The number of amides is 1. The molecule has 0 radical (unpaired) electrons. The lowest BCUT2D eigenvalue weighted by Gasteiger charge is -2.31. The minimum atomic E-state index is -0.308. The molecule has 3 rings (SSSR count). The van der Waals surface area contributed by atoms with Gasteiger partial charge in [0.2, 0.25) is 5.56 Å². The zero-order valence-electron chi connectivity index (χ0n) is 13.5. The van der Waals surface area contributed by atoms with Crippen molar-refractivity contribution in [3.05, 3.63) is 63.3 Å². The second-order valence-corrected chi connectivity index (χ2v) is 5.88. The molecule has 1 aliphatic heterocycles. The van der Waals surface area contributed by atoms with Crippen LogP contribution in [0.4, 0.5) is 10.1 Å². The first-order chi connectivity index (χ1) is 11.6. The molecule has 0 saturated heterocycles. The smallest absolute Gasteiger partial charge is 0.253 e. The van der Waals surface area contributed by atoms with Crippen LogP contribution in [0.1, 0.15) is 23.1 Å². The maximum absolute atomic E-state index is 13.9. The molecule has 2 aromatic rings. The monoisotopic (exact) mass is 330 g/mol. The second kappa shape index (κ2) is 6.97. The van der Waals surface area contributed by atoms with Gasteiger partial charge in [0.15, 0.2) is 0 Å². The molecule has 0 fully saturated rings. The quantitative estimate of drug-likeness (QED) is 0.936. The number of H-pyrrole nitrogens is 1. The van der Waals surface area contributed by atoms with Crippen LogP contribution in [-0.4, -0.2) is 24.0 Å². The van der Waals surface area contributed by atoms with Crippen LogP contribution in [0.15, 0.2) is 35.3 Å². The zero-order valence-corrected chi connectivity index (χ0v) is 13.5. The van der Waals surface area contributed by atoms with Gasteiger partial charge in [0.05, 0.1) is 12.3 Å². The number of fused-ring (bicyclic) bond motifs is 1. The van der Waals surface area contributed by atoms with E-state index in [0.29, 0.717) is 23.4 Å². The van der Waals surface area contributed by atoms with Crippen molar-refractivity contribution in [2.75, 3.05) is 18.1 Å². The van der Waals surface area contributed by atoms with Gasteiger partial charge in [-0.3, -0.25) is 9.59 Å². The Kier molecular flexibility index (Phi) is 4.76. The maximum atomic E-state index is 13.9. The van der Waals surface area contributed by atoms with Gasteiger partial charge >= 0.3 is 0 Å². The van der Waals surface area contributed by atoms with Gasteiger partial charge in [-0.05, 0) is 43.0 Å². The van der Waals surface area contributed by atoms with Crippen molar-refractivity contribution < 1.29 is 13.9 Å². The van der Waals surface area contributed by atoms with Gasteiger partial charge in [0.1, 0.15) is 12.4 Å². The molecular formula is C18H19FN2O3. The van der Waals surface area contributed by atoms with E-state index in [1.165, 1.54) is 18.3 Å². The van der Waals surface area contributed by atoms with Crippen LogP contribution in [0.3, 0.4) is 0 Å². The number of pyridine rings is 1. The molecule has 0 aliphatic carbocycles. The fourth-order valence-electron chi connectivity index (χ4n) is 3.01. The minimum absolute atomic E-state index is 0.109. The van der Waals surface area contributed by atoms with E-state index >= 15 is 0 Å².